The predicted octanol–water partition coefficient (Wildman–Crippen LogP) is -0.588. The van der Waals surface area contributed by atoms with Crippen LogP contribution in [0.4, 0.5) is 0 Å². The molecule has 10 heavy (non-hydrogen) atoms. The third-order valence-corrected chi connectivity index (χ3v) is 1.13. The molecule has 54 valence electrons. The topological polar surface area (TPSA) is 49.9 Å². The fourth-order valence-electron chi connectivity index (χ4n) is 0.672. The zero-order chi connectivity index (χ0) is 7.23. The first-order chi connectivity index (χ1) is 4.93. The Labute approximate surface area is 60.3 Å². The van der Waals surface area contributed by atoms with Gasteiger partial charge in [0.25, 0.3) is 0 Å². The first-order valence-electron chi connectivity index (χ1n) is 3.11. The van der Waals surface area contributed by atoms with Crippen LogP contribution in [-0.2, 0) is 11.2 Å². The molecule has 0 bridgehead atoms. The van der Waals surface area contributed by atoms with Gasteiger partial charge in [-0.25, -0.2) is 0 Å². The standard InChI is InChI=1S/C5H10BN3O/c1-10-6-7-2-5-3-8-9-4-5/h3-4,6-7H,2H2,1H3,(H,8,9). The highest BCUT2D eigenvalue weighted by molar-refractivity contribution is 6.23. The van der Waals surface area contributed by atoms with Crippen LogP contribution in [0.25, 0.3) is 0 Å². The number of rotatable bonds is 4. The van der Waals surface area contributed by atoms with Crippen LogP contribution in [-0.4, -0.2) is 24.9 Å². The summed E-state index contributed by atoms with van der Waals surface area (Å²) >= 11 is 0. The number of nitrogens with one attached hydrogen (secondary N) is 2. The quantitative estimate of drug-likeness (QED) is 0.433. The van der Waals surface area contributed by atoms with Crippen molar-refractivity contribution in [3.8, 4) is 0 Å². The van der Waals surface area contributed by atoms with E-state index in [0.717, 1.165) is 12.1 Å². The molecule has 0 aliphatic rings. The van der Waals surface area contributed by atoms with Crippen LogP contribution < -0.4 is 5.23 Å². The first kappa shape index (κ1) is 7.30. The van der Waals surface area contributed by atoms with Gasteiger partial charge in [0.05, 0.1) is 6.20 Å². The maximum atomic E-state index is 4.80. The Hall–Kier alpha value is -0.805. The summed E-state index contributed by atoms with van der Waals surface area (Å²) in [6.45, 7) is 0.796. The molecule has 0 aliphatic carbocycles. The summed E-state index contributed by atoms with van der Waals surface area (Å²) in [4.78, 5) is 0. The molecular weight excluding hydrogens is 129 g/mol. The summed E-state index contributed by atoms with van der Waals surface area (Å²) in [6, 6.07) is 0. The van der Waals surface area contributed by atoms with Gasteiger partial charge in [0.2, 0.25) is 0 Å². The fraction of sp³-hybridized carbons (Fsp3) is 0.400. The highest BCUT2D eigenvalue weighted by Gasteiger charge is 1.91. The molecule has 1 aromatic rings. The zero-order valence-electron chi connectivity index (χ0n) is 5.92. The van der Waals surface area contributed by atoms with Crippen LogP contribution in [0, 0.1) is 0 Å². The molecule has 0 saturated carbocycles. The van der Waals surface area contributed by atoms with Crippen LogP contribution in [0.2, 0.25) is 0 Å². The first-order valence-corrected chi connectivity index (χ1v) is 3.11. The van der Waals surface area contributed by atoms with Crippen LogP contribution in [0.5, 0.6) is 0 Å². The Morgan fingerprint density at radius 3 is 3.40 bits per heavy atom. The molecule has 0 spiro atoms. The molecule has 0 fully saturated rings. The van der Waals surface area contributed by atoms with Gasteiger partial charge >= 0.3 is 7.62 Å². The van der Waals surface area contributed by atoms with E-state index < -0.39 is 0 Å². The zero-order valence-corrected chi connectivity index (χ0v) is 5.92. The average Bonchev–Trinajstić information content (AvgIpc) is 2.41. The molecule has 5 heteroatoms. The van der Waals surface area contributed by atoms with Gasteiger partial charge in [-0.3, -0.25) is 5.10 Å². The van der Waals surface area contributed by atoms with Crippen molar-refractivity contribution in [3.05, 3.63) is 18.0 Å². The largest absolute Gasteiger partial charge is 0.427 e. The summed E-state index contributed by atoms with van der Waals surface area (Å²) in [5.41, 5.74) is 1.14. The highest BCUT2D eigenvalue weighted by atomic mass is 16.4. The summed E-state index contributed by atoms with van der Waals surface area (Å²) in [5, 5.41) is 9.58. The van der Waals surface area contributed by atoms with E-state index >= 15 is 0 Å². The predicted molar refractivity (Wildman–Crippen MR) is 39.6 cm³/mol. The van der Waals surface area contributed by atoms with Gasteiger partial charge in [-0.2, -0.15) is 5.10 Å². The van der Waals surface area contributed by atoms with Gasteiger partial charge in [0, 0.05) is 25.4 Å². The molecule has 0 amide bonds. The number of H-pyrrole nitrogens is 1. The van der Waals surface area contributed by atoms with Crippen molar-refractivity contribution in [3.63, 3.8) is 0 Å². The summed E-state index contributed by atoms with van der Waals surface area (Å²) in [5.74, 6) is 0. The number of aromatic amines is 1. The molecule has 4 nitrogen and oxygen atoms in total. The van der Waals surface area contributed by atoms with Crippen molar-refractivity contribution in [1.82, 2.24) is 15.4 Å². The Morgan fingerprint density at radius 1 is 1.90 bits per heavy atom. The van der Waals surface area contributed by atoms with E-state index in [1.807, 2.05) is 6.20 Å². The number of nitrogens with zero attached hydrogens (tertiary/aromatic N) is 1. The molecule has 0 unspecified atom stereocenters. The lowest BCUT2D eigenvalue weighted by atomic mass is 10.2. The summed E-state index contributed by atoms with van der Waals surface area (Å²) in [6.07, 6.45) is 3.63. The number of hydrogen-bond donors (Lipinski definition) is 2. The van der Waals surface area contributed by atoms with E-state index in [1.54, 1.807) is 13.3 Å². The molecule has 1 aromatic heterocycles. The fourth-order valence-corrected chi connectivity index (χ4v) is 0.672. The van der Waals surface area contributed by atoms with Crippen molar-refractivity contribution in [1.29, 1.82) is 0 Å². The second-order valence-electron chi connectivity index (χ2n) is 1.97. The van der Waals surface area contributed by atoms with Gasteiger partial charge < -0.3 is 9.88 Å². The molecule has 1 rings (SSSR count). The van der Waals surface area contributed by atoms with Crippen molar-refractivity contribution in [2.24, 2.45) is 0 Å². The van der Waals surface area contributed by atoms with Crippen molar-refractivity contribution >= 4 is 7.62 Å². The third kappa shape index (κ3) is 2.20. The van der Waals surface area contributed by atoms with Crippen LogP contribution in [0.3, 0.4) is 0 Å². The average molecular weight is 139 g/mol. The van der Waals surface area contributed by atoms with Crippen molar-refractivity contribution in [2.75, 3.05) is 7.11 Å². The second-order valence-corrected chi connectivity index (χ2v) is 1.97. The maximum Gasteiger partial charge on any atom is 0.360 e. The lowest BCUT2D eigenvalue weighted by molar-refractivity contribution is 0.430. The Kier molecular flexibility index (Phi) is 2.98. The summed E-state index contributed by atoms with van der Waals surface area (Å²) in [7, 11) is 2.23. The van der Waals surface area contributed by atoms with Gasteiger partial charge in [-0.1, -0.05) is 0 Å². The van der Waals surface area contributed by atoms with E-state index in [-0.39, 0.29) is 0 Å². The molecule has 0 atom stereocenters. The van der Waals surface area contributed by atoms with Gasteiger partial charge in [-0.15, -0.1) is 0 Å². The number of hydrogen-bond acceptors (Lipinski definition) is 3. The maximum absolute atomic E-state index is 4.80. The van der Waals surface area contributed by atoms with Crippen molar-refractivity contribution in [2.45, 2.75) is 6.54 Å². The van der Waals surface area contributed by atoms with E-state index in [0.29, 0.717) is 7.62 Å². The minimum atomic E-state index is 0.575. The monoisotopic (exact) mass is 139 g/mol. The highest BCUT2D eigenvalue weighted by Crippen LogP contribution is 1.90. The Morgan fingerprint density at radius 2 is 2.80 bits per heavy atom. The van der Waals surface area contributed by atoms with Gasteiger partial charge in [0.15, 0.2) is 0 Å². The minimum Gasteiger partial charge on any atom is -0.427 e. The van der Waals surface area contributed by atoms with Gasteiger partial charge in [-0.05, 0) is 0 Å². The van der Waals surface area contributed by atoms with E-state index in [9.17, 15) is 0 Å². The molecule has 0 saturated heterocycles. The minimum absolute atomic E-state index is 0.575. The van der Waals surface area contributed by atoms with Crippen molar-refractivity contribution < 1.29 is 4.65 Å². The van der Waals surface area contributed by atoms with Crippen LogP contribution in [0.1, 0.15) is 5.56 Å². The smallest absolute Gasteiger partial charge is 0.360 e. The SMILES string of the molecule is COBNCc1cn[nH]c1. The van der Waals surface area contributed by atoms with Crippen LogP contribution in [0.15, 0.2) is 12.4 Å². The molecule has 0 aromatic carbocycles. The molecule has 0 aliphatic heterocycles. The molecule has 0 radical (unpaired) electrons. The normalized spacial score (nSPS) is 9.70. The molecule has 2 N–H and O–H groups in total. The third-order valence-electron chi connectivity index (χ3n) is 1.13. The van der Waals surface area contributed by atoms with E-state index in [4.69, 9.17) is 4.65 Å². The lowest BCUT2D eigenvalue weighted by Crippen LogP contribution is -2.19. The Balaban J connectivity index is 2.15. The summed E-state index contributed by atoms with van der Waals surface area (Å²) < 4.78 is 4.80. The Bertz CT molecular complexity index is 165. The van der Waals surface area contributed by atoms with E-state index in [1.165, 1.54) is 0 Å². The second kappa shape index (κ2) is 4.08. The van der Waals surface area contributed by atoms with Crippen LogP contribution >= 0.6 is 0 Å². The molecule has 1 heterocycles. The van der Waals surface area contributed by atoms with E-state index in [2.05, 4.69) is 15.4 Å². The number of aromatic nitrogens is 2. The van der Waals surface area contributed by atoms with Gasteiger partial charge in [0.1, 0.15) is 0 Å². The lowest BCUT2D eigenvalue weighted by Gasteiger charge is -1.96. The molecular formula is C5H10BN3O.